The summed E-state index contributed by atoms with van der Waals surface area (Å²) in [4.78, 5) is 10.7. The number of carbonyl (C=O) groups is 1. The summed E-state index contributed by atoms with van der Waals surface area (Å²) >= 11 is 3.27. The molecule has 1 aromatic heterocycles. The summed E-state index contributed by atoms with van der Waals surface area (Å²) in [5.74, 6) is 0. The van der Waals surface area contributed by atoms with E-state index in [4.69, 9.17) is 4.42 Å². The Bertz CT molecular complexity index is 446. The molecular formula is C11H7BrO2. The van der Waals surface area contributed by atoms with Gasteiger partial charge in [-0.25, -0.2) is 0 Å². The Hall–Kier alpha value is -1.35. The highest BCUT2D eigenvalue weighted by atomic mass is 79.9. The van der Waals surface area contributed by atoms with E-state index in [1.54, 1.807) is 0 Å². The SMILES string of the molecule is O=Cc1coc(Br)c1-c1ccccc1. The molecule has 0 unspecified atom stereocenters. The highest BCUT2D eigenvalue weighted by Crippen LogP contribution is 2.32. The summed E-state index contributed by atoms with van der Waals surface area (Å²) < 4.78 is 5.72. The van der Waals surface area contributed by atoms with E-state index in [1.165, 1.54) is 6.26 Å². The Morgan fingerprint density at radius 3 is 2.57 bits per heavy atom. The first kappa shape index (κ1) is 9.21. The second-order valence-corrected chi connectivity index (χ2v) is 3.54. The quantitative estimate of drug-likeness (QED) is 0.764. The second-order valence-electron chi connectivity index (χ2n) is 2.82. The molecule has 0 saturated carbocycles. The van der Waals surface area contributed by atoms with Crippen molar-refractivity contribution in [1.82, 2.24) is 0 Å². The summed E-state index contributed by atoms with van der Waals surface area (Å²) in [6.45, 7) is 0. The minimum atomic E-state index is 0.558. The van der Waals surface area contributed by atoms with Crippen LogP contribution in [-0.2, 0) is 0 Å². The van der Waals surface area contributed by atoms with Crippen molar-refractivity contribution in [1.29, 1.82) is 0 Å². The molecule has 0 amide bonds. The maximum Gasteiger partial charge on any atom is 0.177 e. The highest BCUT2D eigenvalue weighted by Gasteiger charge is 2.12. The fourth-order valence-corrected chi connectivity index (χ4v) is 1.87. The standard InChI is InChI=1S/C11H7BrO2/c12-11-10(9(6-13)7-14-11)8-4-2-1-3-5-8/h1-7H. The molecule has 0 spiro atoms. The third kappa shape index (κ3) is 1.51. The topological polar surface area (TPSA) is 30.2 Å². The van der Waals surface area contributed by atoms with Crippen molar-refractivity contribution in [3.05, 3.63) is 46.8 Å². The van der Waals surface area contributed by atoms with Crippen molar-refractivity contribution in [3.63, 3.8) is 0 Å². The zero-order chi connectivity index (χ0) is 9.97. The van der Waals surface area contributed by atoms with Gasteiger partial charge in [0.1, 0.15) is 6.26 Å². The van der Waals surface area contributed by atoms with E-state index >= 15 is 0 Å². The zero-order valence-corrected chi connectivity index (χ0v) is 8.82. The Morgan fingerprint density at radius 2 is 1.93 bits per heavy atom. The predicted molar refractivity (Wildman–Crippen MR) is 57.2 cm³/mol. The molecule has 14 heavy (non-hydrogen) atoms. The van der Waals surface area contributed by atoms with Gasteiger partial charge >= 0.3 is 0 Å². The third-order valence-electron chi connectivity index (χ3n) is 1.96. The van der Waals surface area contributed by atoms with Crippen LogP contribution in [0.4, 0.5) is 0 Å². The van der Waals surface area contributed by atoms with Crippen LogP contribution in [0.15, 0.2) is 45.7 Å². The van der Waals surface area contributed by atoms with E-state index in [-0.39, 0.29) is 0 Å². The average molecular weight is 251 g/mol. The van der Waals surface area contributed by atoms with Crippen LogP contribution in [0.1, 0.15) is 10.4 Å². The van der Waals surface area contributed by atoms with Crippen molar-refractivity contribution in [3.8, 4) is 11.1 Å². The van der Waals surface area contributed by atoms with Crippen LogP contribution < -0.4 is 0 Å². The van der Waals surface area contributed by atoms with Crippen LogP contribution in [0.25, 0.3) is 11.1 Å². The fourth-order valence-electron chi connectivity index (χ4n) is 1.32. The Morgan fingerprint density at radius 1 is 1.21 bits per heavy atom. The summed E-state index contributed by atoms with van der Waals surface area (Å²) in [5.41, 5.74) is 2.33. The molecule has 3 heteroatoms. The van der Waals surface area contributed by atoms with Gasteiger partial charge in [0.25, 0.3) is 0 Å². The van der Waals surface area contributed by atoms with Crippen molar-refractivity contribution in [2.45, 2.75) is 0 Å². The van der Waals surface area contributed by atoms with E-state index in [2.05, 4.69) is 15.9 Å². The maximum atomic E-state index is 10.7. The highest BCUT2D eigenvalue weighted by molar-refractivity contribution is 9.10. The van der Waals surface area contributed by atoms with Gasteiger partial charge in [-0.1, -0.05) is 30.3 Å². The maximum absolute atomic E-state index is 10.7. The summed E-state index contributed by atoms with van der Waals surface area (Å²) in [6.07, 6.45) is 2.23. The number of halogens is 1. The lowest BCUT2D eigenvalue weighted by Gasteiger charge is -1.98. The number of carbonyl (C=O) groups excluding carboxylic acids is 1. The first-order valence-electron chi connectivity index (χ1n) is 4.10. The number of benzene rings is 1. The van der Waals surface area contributed by atoms with Gasteiger partial charge in [-0.15, -0.1) is 0 Å². The number of furan rings is 1. The van der Waals surface area contributed by atoms with Gasteiger partial charge in [-0.3, -0.25) is 4.79 Å². The monoisotopic (exact) mass is 250 g/mol. The smallest absolute Gasteiger partial charge is 0.177 e. The molecular weight excluding hydrogens is 244 g/mol. The summed E-state index contributed by atoms with van der Waals surface area (Å²) in [7, 11) is 0. The van der Waals surface area contributed by atoms with Crippen LogP contribution in [0, 0.1) is 0 Å². The van der Waals surface area contributed by atoms with Crippen molar-refractivity contribution in [2.24, 2.45) is 0 Å². The molecule has 1 aromatic carbocycles. The van der Waals surface area contributed by atoms with Gasteiger partial charge in [0.05, 0.1) is 5.56 Å². The molecule has 0 N–H and O–H groups in total. The minimum absolute atomic E-state index is 0.558. The summed E-state index contributed by atoms with van der Waals surface area (Å²) in [5, 5.41) is 0. The molecule has 0 aliphatic heterocycles. The van der Waals surface area contributed by atoms with Crippen molar-refractivity contribution >= 4 is 22.2 Å². The lowest BCUT2D eigenvalue weighted by molar-refractivity contribution is 0.112. The predicted octanol–water partition coefficient (Wildman–Crippen LogP) is 3.52. The number of hydrogen-bond donors (Lipinski definition) is 0. The van der Waals surface area contributed by atoms with Crippen LogP contribution in [0.5, 0.6) is 0 Å². The normalized spacial score (nSPS) is 10.1. The first-order chi connectivity index (χ1) is 6.83. The lowest BCUT2D eigenvalue weighted by Crippen LogP contribution is -1.81. The zero-order valence-electron chi connectivity index (χ0n) is 7.24. The number of aldehydes is 1. The second kappa shape index (κ2) is 3.80. The molecule has 0 aliphatic rings. The van der Waals surface area contributed by atoms with E-state index < -0.39 is 0 Å². The van der Waals surface area contributed by atoms with Crippen molar-refractivity contribution < 1.29 is 9.21 Å². The largest absolute Gasteiger partial charge is 0.456 e. The first-order valence-corrected chi connectivity index (χ1v) is 4.90. The van der Waals surface area contributed by atoms with Crippen LogP contribution >= 0.6 is 15.9 Å². The molecule has 2 aromatic rings. The van der Waals surface area contributed by atoms with Gasteiger partial charge in [0.15, 0.2) is 11.0 Å². The Balaban J connectivity index is 2.61. The van der Waals surface area contributed by atoms with Gasteiger partial charge in [-0.05, 0) is 21.5 Å². The van der Waals surface area contributed by atoms with E-state index in [9.17, 15) is 4.79 Å². The third-order valence-corrected chi connectivity index (χ3v) is 2.55. The molecule has 2 nitrogen and oxygen atoms in total. The average Bonchev–Trinajstić information content (AvgIpc) is 2.61. The Labute approximate surface area is 89.7 Å². The Kier molecular flexibility index (Phi) is 2.50. The molecule has 0 radical (unpaired) electrons. The van der Waals surface area contributed by atoms with Gasteiger partial charge in [0, 0.05) is 5.56 Å². The minimum Gasteiger partial charge on any atom is -0.456 e. The molecule has 2 rings (SSSR count). The summed E-state index contributed by atoms with van der Waals surface area (Å²) in [6, 6.07) is 9.63. The molecule has 0 bridgehead atoms. The van der Waals surface area contributed by atoms with Crippen LogP contribution in [-0.4, -0.2) is 6.29 Å². The van der Waals surface area contributed by atoms with Gasteiger partial charge < -0.3 is 4.42 Å². The molecule has 70 valence electrons. The van der Waals surface area contributed by atoms with Gasteiger partial charge in [-0.2, -0.15) is 0 Å². The van der Waals surface area contributed by atoms with E-state index in [0.29, 0.717) is 10.2 Å². The molecule has 0 aliphatic carbocycles. The fraction of sp³-hybridized carbons (Fsp3) is 0. The number of hydrogen-bond acceptors (Lipinski definition) is 2. The molecule has 0 saturated heterocycles. The molecule has 0 fully saturated rings. The van der Waals surface area contributed by atoms with Gasteiger partial charge in [0.2, 0.25) is 0 Å². The van der Waals surface area contributed by atoms with E-state index in [0.717, 1.165) is 17.4 Å². The number of rotatable bonds is 2. The lowest BCUT2D eigenvalue weighted by atomic mass is 10.1. The van der Waals surface area contributed by atoms with Crippen LogP contribution in [0.3, 0.4) is 0 Å². The molecule has 1 heterocycles. The van der Waals surface area contributed by atoms with Crippen LogP contribution in [0.2, 0.25) is 0 Å². The van der Waals surface area contributed by atoms with Crippen molar-refractivity contribution in [2.75, 3.05) is 0 Å². The van der Waals surface area contributed by atoms with E-state index in [1.807, 2.05) is 30.3 Å². The molecule has 0 atom stereocenters.